The summed E-state index contributed by atoms with van der Waals surface area (Å²) in [5.41, 5.74) is 0. The molecule has 1 atom stereocenters. The highest BCUT2D eigenvalue weighted by molar-refractivity contribution is 5.83. The van der Waals surface area contributed by atoms with Crippen molar-refractivity contribution < 1.29 is 9.59 Å². The normalized spacial score (nSPS) is 20.7. The standard InChI is InChI=1S/C11H21N3O2/c1-8(2)12-5-6-13-11(16)9-3-4-10(15)14-7-9/h8-9,12H,3-7H2,1-2H3,(H,13,16)(H,14,15). The van der Waals surface area contributed by atoms with Gasteiger partial charge in [0.2, 0.25) is 11.8 Å². The van der Waals surface area contributed by atoms with Crippen molar-refractivity contribution in [2.75, 3.05) is 19.6 Å². The topological polar surface area (TPSA) is 70.2 Å². The molecule has 0 saturated carbocycles. The van der Waals surface area contributed by atoms with Gasteiger partial charge in [0.1, 0.15) is 0 Å². The molecule has 0 bridgehead atoms. The lowest BCUT2D eigenvalue weighted by atomic mass is 9.98. The van der Waals surface area contributed by atoms with Gasteiger partial charge < -0.3 is 16.0 Å². The Morgan fingerprint density at radius 2 is 2.25 bits per heavy atom. The summed E-state index contributed by atoms with van der Waals surface area (Å²) >= 11 is 0. The second-order valence-electron chi connectivity index (χ2n) is 4.44. The van der Waals surface area contributed by atoms with Crippen LogP contribution in [0, 0.1) is 5.92 Å². The Morgan fingerprint density at radius 3 is 2.81 bits per heavy atom. The summed E-state index contributed by atoms with van der Waals surface area (Å²) < 4.78 is 0. The molecule has 1 heterocycles. The predicted molar refractivity (Wildman–Crippen MR) is 61.9 cm³/mol. The largest absolute Gasteiger partial charge is 0.355 e. The number of carbonyl (C=O) groups is 2. The summed E-state index contributed by atoms with van der Waals surface area (Å²) in [6, 6.07) is 0.436. The number of nitrogens with one attached hydrogen (secondary N) is 3. The minimum absolute atomic E-state index is 0.0468. The van der Waals surface area contributed by atoms with E-state index in [-0.39, 0.29) is 17.7 Å². The van der Waals surface area contributed by atoms with Crippen LogP contribution < -0.4 is 16.0 Å². The minimum atomic E-state index is -0.0586. The van der Waals surface area contributed by atoms with E-state index in [1.54, 1.807) is 0 Å². The van der Waals surface area contributed by atoms with Crippen LogP contribution >= 0.6 is 0 Å². The summed E-state index contributed by atoms with van der Waals surface area (Å²) in [5, 5.41) is 8.80. The van der Waals surface area contributed by atoms with Gasteiger partial charge in [-0.2, -0.15) is 0 Å². The zero-order valence-electron chi connectivity index (χ0n) is 10.0. The molecule has 1 fully saturated rings. The first-order valence-corrected chi connectivity index (χ1v) is 5.87. The third-order valence-corrected chi connectivity index (χ3v) is 2.61. The molecule has 0 spiro atoms. The van der Waals surface area contributed by atoms with Crippen LogP contribution in [-0.2, 0) is 9.59 Å². The third kappa shape index (κ3) is 4.61. The Morgan fingerprint density at radius 1 is 1.50 bits per heavy atom. The van der Waals surface area contributed by atoms with Crippen LogP contribution in [0.5, 0.6) is 0 Å². The first-order chi connectivity index (χ1) is 7.59. The van der Waals surface area contributed by atoms with Crippen molar-refractivity contribution in [2.24, 2.45) is 5.92 Å². The smallest absolute Gasteiger partial charge is 0.224 e. The van der Waals surface area contributed by atoms with Crippen molar-refractivity contribution in [1.82, 2.24) is 16.0 Å². The fourth-order valence-electron chi connectivity index (χ4n) is 1.65. The molecule has 0 radical (unpaired) electrons. The van der Waals surface area contributed by atoms with Gasteiger partial charge in [0.25, 0.3) is 0 Å². The Hall–Kier alpha value is -1.10. The van der Waals surface area contributed by atoms with E-state index in [0.717, 1.165) is 6.54 Å². The van der Waals surface area contributed by atoms with Gasteiger partial charge in [0.05, 0.1) is 5.92 Å². The van der Waals surface area contributed by atoms with Gasteiger partial charge in [-0.05, 0) is 6.42 Å². The SMILES string of the molecule is CC(C)NCCNC(=O)C1CCC(=O)NC1. The summed E-state index contributed by atoms with van der Waals surface area (Å²) in [4.78, 5) is 22.6. The van der Waals surface area contributed by atoms with Crippen molar-refractivity contribution in [3.63, 3.8) is 0 Å². The van der Waals surface area contributed by atoms with Crippen LogP contribution in [0.2, 0.25) is 0 Å². The maximum Gasteiger partial charge on any atom is 0.224 e. The predicted octanol–water partition coefficient (Wildman–Crippen LogP) is -0.373. The quantitative estimate of drug-likeness (QED) is 0.561. The zero-order chi connectivity index (χ0) is 12.0. The van der Waals surface area contributed by atoms with Gasteiger partial charge in [-0.3, -0.25) is 9.59 Å². The molecular formula is C11H21N3O2. The first-order valence-electron chi connectivity index (χ1n) is 5.87. The Kier molecular flexibility index (Phi) is 5.25. The van der Waals surface area contributed by atoms with Gasteiger partial charge in [0, 0.05) is 32.1 Å². The highest BCUT2D eigenvalue weighted by Crippen LogP contribution is 2.10. The van der Waals surface area contributed by atoms with E-state index in [1.807, 2.05) is 0 Å². The molecule has 1 unspecified atom stereocenters. The molecule has 3 N–H and O–H groups in total. The lowest BCUT2D eigenvalue weighted by molar-refractivity contribution is -0.128. The Labute approximate surface area is 96.4 Å². The van der Waals surface area contributed by atoms with Gasteiger partial charge in [-0.25, -0.2) is 0 Å². The molecule has 92 valence electrons. The molecule has 2 amide bonds. The fourth-order valence-corrected chi connectivity index (χ4v) is 1.65. The fraction of sp³-hybridized carbons (Fsp3) is 0.818. The minimum Gasteiger partial charge on any atom is -0.355 e. The highest BCUT2D eigenvalue weighted by atomic mass is 16.2. The lowest BCUT2D eigenvalue weighted by Gasteiger charge is -2.21. The average molecular weight is 227 g/mol. The van der Waals surface area contributed by atoms with Crippen molar-refractivity contribution in [3.05, 3.63) is 0 Å². The van der Waals surface area contributed by atoms with Crippen molar-refractivity contribution in [3.8, 4) is 0 Å². The zero-order valence-corrected chi connectivity index (χ0v) is 10.0. The van der Waals surface area contributed by atoms with Gasteiger partial charge in [-0.15, -0.1) is 0 Å². The number of rotatable bonds is 5. The molecule has 1 saturated heterocycles. The van der Waals surface area contributed by atoms with E-state index in [0.29, 0.717) is 32.0 Å². The molecule has 1 aliphatic rings. The number of carbonyl (C=O) groups excluding carboxylic acids is 2. The van der Waals surface area contributed by atoms with Gasteiger partial charge in [0.15, 0.2) is 0 Å². The van der Waals surface area contributed by atoms with Crippen LogP contribution in [0.3, 0.4) is 0 Å². The lowest BCUT2D eigenvalue weighted by Crippen LogP contribution is -2.44. The summed E-state index contributed by atoms with van der Waals surface area (Å²) in [5.74, 6) is 0.0350. The maximum atomic E-state index is 11.7. The molecule has 0 aliphatic carbocycles. The summed E-state index contributed by atoms with van der Waals surface area (Å²) in [6.07, 6.45) is 1.12. The Bertz CT molecular complexity index is 244. The molecule has 16 heavy (non-hydrogen) atoms. The molecule has 1 rings (SSSR count). The van der Waals surface area contributed by atoms with Crippen molar-refractivity contribution >= 4 is 11.8 Å². The van der Waals surface area contributed by atoms with Crippen LogP contribution in [0.25, 0.3) is 0 Å². The van der Waals surface area contributed by atoms with E-state index in [2.05, 4.69) is 29.8 Å². The molecule has 1 aliphatic heterocycles. The van der Waals surface area contributed by atoms with Gasteiger partial charge in [-0.1, -0.05) is 13.8 Å². The molecule has 5 nitrogen and oxygen atoms in total. The van der Waals surface area contributed by atoms with Gasteiger partial charge >= 0.3 is 0 Å². The van der Waals surface area contributed by atoms with Crippen LogP contribution in [0.15, 0.2) is 0 Å². The van der Waals surface area contributed by atoms with E-state index < -0.39 is 0 Å². The van der Waals surface area contributed by atoms with Crippen molar-refractivity contribution in [1.29, 1.82) is 0 Å². The highest BCUT2D eigenvalue weighted by Gasteiger charge is 2.23. The monoisotopic (exact) mass is 227 g/mol. The number of piperidine rings is 1. The van der Waals surface area contributed by atoms with Crippen molar-refractivity contribution in [2.45, 2.75) is 32.7 Å². The van der Waals surface area contributed by atoms with Crippen LogP contribution in [-0.4, -0.2) is 37.5 Å². The van der Waals surface area contributed by atoms with E-state index in [4.69, 9.17) is 0 Å². The second-order valence-corrected chi connectivity index (χ2v) is 4.44. The Balaban J connectivity index is 2.12. The number of amides is 2. The molecule has 0 aromatic heterocycles. The molecule has 0 aromatic carbocycles. The average Bonchev–Trinajstić information content (AvgIpc) is 2.25. The molecule has 0 aromatic rings. The number of hydrogen-bond acceptors (Lipinski definition) is 3. The molecular weight excluding hydrogens is 206 g/mol. The van der Waals surface area contributed by atoms with Crippen LogP contribution in [0.4, 0.5) is 0 Å². The van der Waals surface area contributed by atoms with Crippen LogP contribution in [0.1, 0.15) is 26.7 Å². The first kappa shape index (κ1) is 13.0. The maximum absolute atomic E-state index is 11.7. The molecule has 5 heteroatoms. The number of hydrogen-bond donors (Lipinski definition) is 3. The van der Waals surface area contributed by atoms with E-state index in [9.17, 15) is 9.59 Å². The summed E-state index contributed by atoms with van der Waals surface area (Å²) in [6.45, 7) is 6.03. The summed E-state index contributed by atoms with van der Waals surface area (Å²) in [7, 11) is 0. The second kappa shape index (κ2) is 6.48. The third-order valence-electron chi connectivity index (χ3n) is 2.61. The van der Waals surface area contributed by atoms with E-state index >= 15 is 0 Å². The van der Waals surface area contributed by atoms with E-state index in [1.165, 1.54) is 0 Å².